The number of carboxylic acid groups (broad SMARTS) is 1. The fourth-order valence-corrected chi connectivity index (χ4v) is 2.70. The number of ether oxygens (including phenoxy) is 2. The zero-order chi connectivity index (χ0) is 18.6. The number of rotatable bonds is 4. The molecule has 1 aromatic rings. The average Bonchev–Trinajstić information content (AvgIpc) is 2.48. The van der Waals surface area contributed by atoms with Gasteiger partial charge >= 0.3 is 12.1 Å². The molecule has 25 heavy (non-hydrogen) atoms. The Morgan fingerprint density at radius 1 is 1.20 bits per heavy atom. The lowest BCUT2D eigenvalue weighted by Gasteiger charge is -2.24. The Morgan fingerprint density at radius 2 is 1.84 bits per heavy atom. The smallest absolute Gasteiger partial charge is 0.412 e. The van der Waals surface area contributed by atoms with Crippen molar-refractivity contribution in [2.24, 2.45) is 0 Å². The van der Waals surface area contributed by atoms with Crippen LogP contribution in [0.15, 0.2) is 12.1 Å². The van der Waals surface area contributed by atoms with Crippen molar-refractivity contribution in [2.75, 3.05) is 5.32 Å². The van der Waals surface area contributed by atoms with Crippen molar-refractivity contribution in [3.05, 3.63) is 23.5 Å². The van der Waals surface area contributed by atoms with Crippen LogP contribution in [0.1, 0.15) is 63.2 Å². The normalized spacial score (nSPS) is 15.5. The van der Waals surface area contributed by atoms with E-state index in [2.05, 4.69) is 5.32 Å². The highest BCUT2D eigenvalue weighted by Crippen LogP contribution is 2.30. The van der Waals surface area contributed by atoms with E-state index in [9.17, 15) is 19.1 Å². The second-order valence-electron chi connectivity index (χ2n) is 7.14. The van der Waals surface area contributed by atoms with Crippen molar-refractivity contribution in [2.45, 2.75) is 64.6 Å². The molecule has 138 valence electrons. The number of amides is 1. The number of aromatic carboxylic acids is 1. The molecule has 2 N–H and O–H groups in total. The summed E-state index contributed by atoms with van der Waals surface area (Å²) in [7, 11) is 0. The molecule has 0 aliphatic heterocycles. The Kier molecular flexibility index (Phi) is 5.87. The molecule has 0 spiro atoms. The monoisotopic (exact) mass is 353 g/mol. The van der Waals surface area contributed by atoms with E-state index >= 15 is 0 Å². The third-order valence-corrected chi connectivity index (χ3v) is 3.78. The van der Waals surface area contributed by atoms with Crippen molar-refractivity contribution in [3.8, 4) is 5.75 Å². The van der Waals surface area contributed by atoms with Crippen LogP contribution in [0.4, 0.5) is 14.9 Å². The van der Waals surface area contributed by atoms with Crippen LogP contribution in [0.5, 0.6) is 5.75 Å². The van der Waals surface area contributed by atoms with E-state index in [0.717, 1.165) is 44.2 Å². The Labute approximate surface area is 146 Å². The summed E-state index contributed by atoms with van der Waals surface area (Å²) in [5, 5.41) is 11.6. The standard InChI is InChI=1S/C18H24FNO5/c1-18(2,3)25-17(23)20-14-10-13(19)15(9-12(14)16(21)22)24-11-7-5-4-6-8-11/h9-11H,4-8H2,1-3H3,(H,20,23)(H,21,22). The van der Waals surface area contributed by atoms with Gasteiger partial charge in [0.2, 0.25) is 0 Å². The van der Waals surface area contributed by atoms with Crippen LogP contribution in [0, 0.1) is 5.82 Å². The highest BCUT2D eigenvalue weighted by Gasteiger charge is 2.23. The minimum atomic E-state index is -1.29. The van der Waals surface area contributed by atoms with Gasteiger partial charge in [0.25, 0.3) is 0 Å². The molecule has 1 aromatic carbocycles. The van der Waals surface area contributed by atoms with Gasteiger partial charge in [-0.25, -0.2) is 14.0 Å². The zero-order valence-electron chi connectivity index (χ0n) is 14.7. The quantitative estimate of drug-likeness (QED) is 0.827. The summed E-state index contributed by atoms with van der Waals surface area (Å²) in [5.41, 5.74) is -1.18. The SMILES string of the molecule is CC(C)(C)OC(=O)Nc1cc(F)c(OC2CCCCC2)cc1C(=O)O. The number of carboxylic acids is 1. The van der Waals surface area contributed by atoms with Gasteiger partial charge in [-0.05, 0) is 52.5 Å². The first kappa shape index (κ1) is 19.0. The zero-order valence-corrected chi connectivity index (χ0v) is 14.7. The molecular weight excluding hydrogens is 329 g/mol. The number of benzene rings is 1. The summed E-state index contributed by atoms with van der Waals surface area (Å²) in [6.07, 6.45) is 3.82. The van der Waals surface area contributed by atoms with E-state index in [4.69, 9.17) is 9.47 Å². The lowest BCUT2D eigenvalue weighted by atomic mass is 9.98. The fourth-order valence-electron chi connectivity index (χ4n) is 2.70. The van der Waals surface area contributed by atoms with Crippen LogP contribution in [-0.2, 0) is 4.74 Å². The Bertz CT molecular complexity index is 648. The van der Waals surface area contributed by atoms with Gasteiger partial charge < -0.3 is 14.6 Å². The van der Waals surface area contributed by atoms with Gasteiger partial charge in [-0.2, -0.15) is 0 Å². The number of hydrogen-bond acceptors (Lipinski definition) is 4. The van der Waals surface area contributed by atoms with Gasteiger partial charge in [-0.3, -0.25) is 5.32 Å². The number of hydrogen-bond donors (Lipinski definition) is 2. The average molecular weight is 353 g/mol. The molecule has 0 saturated heterocycles. The van der Waals surface area contributed by atoms with Crippen LogP contribution >= 0.6 is 0 Å². The van der Waals surface area contributed by atoms with Crippen molar-refractivity contribution >= 4 is 17.7 Å². The van der Waals surface area contributed by atoms with Gasteiger partial charge in [-0.1, -0.05) is 6.42 Å². The Balaban J connectivity index is 2.21. The van der Waals surface area contributed by atoms with Crippen LogP contribution < -0.4 is 10.1 Å². The molecule has 1 fully saturated rings. The molecule has 7 heteroatoms. The number of carbonyl (C=O) groups excluding carboxylic acids is 1. The van der Waals surface area contributed by atoms with Crippen LogP contribution in [0.25, 0.3) is 0 Å². The molecule has 1 aliphatic rings. The second kappa shape index (κ2) is 7.72. The lowest BCUT2D eigenvalue weighted by Crippen LogP contribution is -2.28. The molecule has 1 amide bonds. The van der Waals surface area contributed by atoms with Crippen molar-refractivity contribution in [1.82, 2.24) is 0 Å². The summed E-state index contributed by atoms with van der Waals surface area (Å²) in [5.74, 6) is -2.12. The van der Waals surface area contributed by atoms with Crippen LogP contribution in [0.2, 0.25) is 0 Å². The minimum absolute atomic E-state index is 0.112. The number of nitrogens with one attached hydrogen (secondary N) is 1. The topological polar surface area (TPSA) is 84.9 Å². The molecule has 0 heterocycles. The Hall–Kier alpha value is -2.31. The van der Waals surface area contributed by atoms with Gasteiger partial charge in [0, 0.05) is 6.07 Å². The van der Waals surface area contributed by atoms with Gasteiger partial charge in [-0.15, -0.1) is 0 Å². The molecule has 0 radical (unpaired) electrons. The molecule has 1 saturated carbocycles. The van der Waals surface area contributed by atoms with E-state index in [1.165, 1.54) is 0 Å². The highest BCUT2D eigenvalue weighted by atomic mass is 19.1. The maximum atomic E-state index is 14.3. The fraction of sp³-hybridized carbons (Fsp3) is 0.556. The van der Waals surface area contributed by atoms with E-state index in [1.54, 1.807) is 20.8 Å². The minimum Gasteiger partial charge on any atom is -0.487 e. The van der Waals surface area contributed by atoms with Gasteiger partial charge in [0.05, 0.1) is 17.4 Å². The summed E-state index contributed by atoms with van der Waals surface area (Å²) < 4.78 is 25.0. The molecule has 0 aromatic heterocycles. The van der Waals surface area contributed by atoms with E-state index in [-0.39, 0.29) is 23.1 Å². The molecule has 0 atom stereocenters. The summed E-state index contributed by atoms with van der Waals surface area (Å²) in [4.78, 5) is 23.3. The van der Waals surface area contributed by atoms with E-state index in [1.807, 2.05) is 0 Å². The van der Waals surface area contributed by atoms with Crippen LogP contribution in [-0.4, -0.2) is 28.9 Å². The molecule has 1 aliphatic carbocycles. The number of carbonyl (C=O) groups is 2. The van der Waals surface area contributed by atoms with Crippen LogP contribution in [0.3, 0.4) is 0 Å². The third-order valence-electron chi connectivity index (χ3n) is 3.78. The predicted octanol–water partition coefficient (Wildman–Crippen LogP) is 4.58. The van der Waals surface area contributed by atoms with E-state index in [0.29, 0.717) is 0 Å². The van der Waals surface area contributed by atoms with Crippen molar-refractivity contribution < 1.29 is 28.6 Å². The maximum absolute atomic E-state index is 14.3. The largest absolute Gasteiger partial charge is 0.487 e. The van der Waals surface area contributed by atoms with Gasteiger partial charge in [0.15, 0.2) is 11.6 Å². The van der Waals surface area contributed by atoms with E-state index < -0.39 is 23.5 Å². The highest BCUT2D eigenvalue weighted by molar-refractivity contribution is 5.99. The summed E-state index contributed by atoms with van der Waals surface area (Å²) in [6.45, 7) is 5.02. The first-order chi connectivity index (χ1) is 11.7. The first-order valence-electron chi connectivity index (χ1n) is 8.39. The summed E-state index contributed by atoms with van der Waals surface area (Å²) in [6, 6.07) is 2.06. The number of halogens is 1. The second-order valence-corrected chi connectivity index (χ2v) is 7.14. The maximum Gasteiger partial charge on any atom is 0.412 e. The molecule has 6 nitrogen and oxygen atoms in total. The predicted molar refractivity (Wildman–Crippen MR) is 90.7 cm³/mol. The molecule has 0 bridgehead atoms. The lowest BCUT2D eigenvalue weighted by molar-refractivity contribution is 0.0636. The van der Waals surface area contributed by atoms with Gasteiger partial charge in [0.1, 0.15) is 5.60 Å². The molecular formula is C18H24FNO5. The molecule has 0 unspecified atom stereocenters. The Morgan fingerprint density at radius 3 is 2.40 bits per heavy atom. The van der Waals surface area contributed by atoms with Crippen molar-refractivity contribution in [3.63, 3.8) is 0 Å². The molecule has 2 rings (SSSR count). The third kappa shape index (κ3) is 5.62. The first-order valence-corrected chi connectivity index (χ1v) is 8.39. The van der Waals surface area contributed by atoms with Crippen molar-refractivity contribution in [1.29, 1.82) is 0 Å². The number of anilines is 1. The summed E-state index contributed by atoms with van der Waals surface area (Å²) >= 11 is 0.